The van der Waals surface area contributed by atoms with E-state index in [1.165, 1.54) is 4.90 Å². The quantitative estimate of drug-likeness (QED) is 0.690. The second-order valence-electron chi connectivity index (χ2n) is 4.46. The van der Waals surface area contributed by atoms with Crippen LogP contribution in [-0.2, 0) is 9.59 Å². The van der Waals surface area contributed by atoms with Crippen LogP contribution >= 0.6 is 11.6 Å². The van der Waals surface area contributed by atoms with E-state index in [1.807, 2.05) is 12.1 Å². The molecule has 0 aromatic heterocycles. The summed E-state index contributed by atoms with van der Waals surface area (Å²) in [6, 6.07) is 7.14. The Bertz CT molecular complexity index is 482. The summed E-state index contributed by atoms with van der Waals surface area (Å²) in [5.74, 6) is 0.187. The van der Waals surface area contributed by atoms with Crippen molar-refractivity contribution in [3.63, 3.8) is 0 Å². The number of amides is 2. The Labute approximate surface area is 129 Å². The lowest BCUT2D eigenvalue weighted by atomic mass is 10.3. The zero-order valence-electron chi connectivity index (χ0n) is 12.0. The number of carbonyl (C=O) groups excluding carboxylic acids is 2. The van der Waals surface area contributed by atoms with Gasteiger partial charge in [0.05, 0.1) is 19.7 Å². The van der Waals surface area contributed by atoms with Gasteiger partial charge in [0.1, 0.15) is 5.75 Å². The maximum absolute atomic E-state index is 11.7. The molecule has 0 radical (unpaired) electrons. The molecule has 6 nitrogen and oxygen atoms in total. The number of halogens is 1. The highest BCUT2D eigenvalue weighted by atomic mass is 35.5. The number of nitrogens with two attached hydrogens (primary N) is 1. The van der Waals surface area contributed by atoms with Crippen LogP contribution in [0.4, 0.5) is 0 Å². The van der Waals surface area contributed by atoms with Gasteiger partial charge in [0.15, 0.2) is 0 Å². The van der Waals surface area contributed by atoms with Crippen molar-refractivity contribution in [3.05, 3.63) is 29.3 Å². The number of ether oxygens (including phenoxy) is 1. The molecule has 116 valence electrons. The molecular weight excluding hydrogens is 294 g/mol. The molecule has 7 heteroatoms. The molecule has 2 amide bonds. The van der Waals surface area contributed by atoms with Crippen LogP contribution in [0.15, 0.2) is 24.3 Å². The first-order valence-corrected chi connectivity index (χ1v) is 7.00. The summed E-state index contributed by atoms with van der Waals surface area (Å²) in [5.41, 5.74) is 5.14. The molecule has 0 fully saturated rings. The Morgan fingerprint density at radius 1 is 1.43 bits per heavy atom. The minimum absolute atomic E-state index is 0.0400. The van der Waals surface area contributed by atoms with Crippen LogP contribution in [0.2, 0.25) is 5.02 Å². The van der Waals surface area contributed by atoms with Gasteiger partial charge in [-0.15, -0.1) is 0 Å². The fraction of sp³-hybridized carbons (Fsp3) is 0.429. The van der Waals surface area contributed by atoms with Crippen molar-refractivity contribution in [1.29, 1.82) is 0 Å². The molecular formula is C14H20ClN3O3. The number of nitrogens with zero attached hydrogens (tertiary/aromatic N) is 1. The van der Waals surface area contributed by atoms with Gasteiger partial charge < -0.3 is 20.7 Å². The monoisotopic (exact) mass is 313 g/mol. The zero-order valence-corrected chi connectivity index (χ0v) is 12.7. The highest BCUT2D eigenvalue weighted by molar-refractivity contribution is 6.30. The first-order valence-electron chi connectivity index (χ1n) is 6.62. The normalized spacial score (nSPS) is 10.0. The first-order chi connectivity index (χ1) is 10.0. The molecule has 21 heavy (non-hydrogen) atoms. The number of carbonyl (C=O) groups is 2. The number of likely N-dealkylation sites (N-methyl/N-ethyl adjacent to an activating group) is 1. The van der Waals surface area contributed by atoms with E-state index in [1.54, 1.807) is 19.2 Å². The van der Waals surface area contributed by atoms with Crippen LogP contribution in [0.5, 0.6) is 5.75 Å². The van der Waals surface area contributed by atoms with E-state index in [-0.39, 0.29) is 24.9 Å². The Morgan fingerprint density at radius 2 is 2.19 bits per heavy atom. The van der Waals surface area contributed by atoms with E-state index in [4.69, 9.17) is 22.1 Å². The standard InChI is InChI=1S/C14H20ClN3O3/c1-18(14(20)10-17-13(19)9-16)6-3-7-21-12-5-2-4-11(15)8-12/h2,4-5,8H,3,6-7,9-10,16H2,1H3,(H,17,19). The summed E-state index contributed by atoms with van der Waals surface area (Å²) in [6.07, 6.45) is 0.680. The van der Waals surface area contributed by atoms with Gasteiger partial charge in [-0.25, -0.2) is 0 Å². The molecule has 0 atom stereocenters. The molecule has 0 spiro atoms. The van der Waals surface area contributed by atoms with Crippen LogP contribution in [0, 0.1) is 0 Å². The van der Waals surface area contributed by atoms with Crippen molar-refractivity contribution >= 4 is 23.4 Å². The van der Waals surface area contributed by atoms with Crippen molar-refractivity contribution in [2.45, 2.75) is 6.42 Å². The van der Waals surface area contributed by atoms with Crippen LogP contribution in [-0.4, -0.2) is 50.0 Å². The summed E-state index contributed by atoms with van der Waals surface area (Å²) in [6.45, 7) is 0.858. The Hall–Kier alpha value is -1.79. The Balaban J connectivity index is 2.19. The maximum Gasteiger partial charge on any atom is 0.241 e. The largest absolute Gasteiger partial charge is 0.493 e. The number of nitrogens with one attached hydrogen (secondary N) is 1. The highest BCUT2D eigenvalue weighted by Crippen LogP contribution is 2.17. The number of benzene rings is 1. The number of rotatable bonds is 8. The topological polar surface area (TPSA) is 84.7 Å². The fourth-order valence-corrected chi connectivity index (χ4v) is 1.73. The predicted octanol–water partition coefficient (Wildman–Crippen LogP) is 0.642. The van der Waals surface area contributed by atoms with Gasteiger partial charge >= 0.3 is 0 Å². The zero-order chi connectivity index (χ0) is 15.7. The minimum atomic E-state index is -0.346. The molecule has 0 unspecified atom stereocenters. The molecule has 3 N–H and O–H groups in total. The van der Waals surface area contributed by atoms with Gasteiger partial charge in [-0.1, -0.05) is 17.7 Å². The van der Waals surface area contributed by atoms with Gasteiger partial charge in [0, 0.05) is 18.6 Å². The molecule has 0 saturated carbocycles. The lowest BCUT2D eigenvalue weighted by Crippen LogP contribution is -2.40. The van der Waals surface area contributed by atoms with E-state index < -0.39 is 0 Å². The lowest BCUT2D eigenvalue weighted by molar-refractivity contribution is -0.131. The molecule has 0 aliphatic carbocycles. The van der Waals surface area contributed by atoms with E-state index >= 15 is 0 Å². The smallest absolute Gasteiger partial charge is 0.241 e. The maximum atomic E-state index is 11.7. The minimum Gasteiger partial charge on any atom is -0.493 e. The third-order valence-electron chi connectivity index (χ3n) is 2.75. The van der Waals surface area contributed by atoms with Gasteiger partial charge in [0.2, 0.25) is 11.8 Å². The Morgan fingerprint density at radius 3 is 2.86 bits per heavy atom. The van der Waals surface area contributed by atoms with Gasteiger partial charge in [-0.3, -0.25) is 9.59 Å². The molecule has 1 aromatic rings. The number of hydrogen-bond donors (Lipinski definition) is 2. The Kier molecular flexibility index (Phi) is 7.56. The van der Waals surface area contributed by atoms with E-state index in [2.05, 4.69) is 5.32 Å². The summed E-state index contributed by atoms with van der Waals surface area (Å²) in [4.78, 5) is 24.2. The van der Waals surface area contributed by atoms with Crippen molar-refractivity contribution in [2.24, 2.45) is 5.73 Å². The summed E-state index contributed by atoms with van der Waals surface area (Å²) >= 11 is 5.85. The van der Waals surface area contributed by atoms with E-state index in [9.17, 15) is 9.59 Å². The van der Waals surface area contributed by atoms with Crippen molar-refractivity contribution in [3.8, 4) is 5.75 Å². The van der Waals surface area contributed by atoms with Crippen LogP contribution < -0.4 is 15.8 Å². The van der Waals surface area contributed by atoms with E-state index in [0.717, 1.165) is 0 Å². The van der Waals surface area contributed by atoms with Crippen LogP contribution in [0.3, 0.4) is 0 Å². The molecule has 0 heterocycles. The third-order valence-corrected chi connectivity index (χ3v) is 2.99. The molecule has 1 aromatic carbocycles. The van der Waals surface area contributed by atoms with Gasteiger partial charge in [-0.05, 0) is 24.6 Å². The molecule has 0 aliphatic heterocycles. The molecule has 0 bridgehead atoms. The lowest BCUT2D eigenvalue weighted by Gasteiger charge is -2.17. The summed E-state index contributed by atoms with van der Waals surface area (Å²) < 4.78 is 5.52. The van der Waals surface area contributed by atoms with Crippen molar-refractivity contribution < 1.29 is 14.3 Å². The second-order valence-corrected chi connectivity index (χ2v) is 4.89. The SMILES string of the molecule is CN(CCCOc1cccc(Cl)c1)C(=O)CNC(=O)CN. The van der Waals surface area contributed by atoms with Gasteiger partial charge in [0.25, 0.3) is 0 Å². The summed E-state index contributed by atoms with van der Waals surface area (Å²) in [5, 5.41) is 3.06. The molecule has 0 aliphatic rings. The first kappa shape index (κ1) is 17.3. The molecule has 0 saturated heterocycles. The van der Waals surface area contributed by atoms with Crippen molar-refractivity contribution in [1.82, 2.24) is 10.2 Å². The van der Waals surface area contributed by atoms with Crippen LogP contribution in [0.25, 0.3) is 0 Å². The highest BCUT2D eigenvalue weighted by Gasteiger charge is 2.09. The predicted molar refractivity (Wildman–Crippen MR) is 81.3 cm³/mol. The van der Waals surface area contributed by atoms with Crippen LogP contribution in [0.1, 0.15) is 6.42 Å². The van der Waals surface area contributed by atoms with E-state index in [0.29, 0.717) is 30.3 Å². The fourth-order valence-electron chi connectivity index (χ4n) is 1.55. The average molecular weight is 314 g/mol. The van der Waals surface area contributed by atoms with Gasteiger partial charge in [-0.2, -0.15) is 0 Å². The third kappa shape index (κ3) is 6.97. The number of hydrogen-bond acceptors (Lipinski definition) is 4. The molecule has 1 rings (SSSR count). The average Bonchev–Trinajstić information content (AvgIpc) is 2.48. The van der Waals surface area contributed by atoms with Crippen molar-refractivity contribution in [2.75, 3.05) is 33.3 Å². The second kappa shape index (κ2) is 9.20. The summed E-state index contributed by atoms with van der Waals surface area (Å²) in [7, 11) is 1.68.